The predicted octanol–water partition coefficient (Wildman–Crippen LogP) is -3.05. The van der Waals surface area contributed by atoms with Crippen molar-refractivity contribution < 1.29 is 55.2 Å². The van der Waals surface area contributed by atoms with E-state index < -0.39 is 59.7 Å². The zero-order chi connectivity index (χ0) is 17.3. The molecule has 10 nitrogen and oxygen atoms in total. The summed E-state index contributed by atoms with van der Waals surface area (Å²) < 4.78 is 75.3. The van der Waals surface area contributed by atoms with Crippen molar-refractivity contribution in [3.63, 3.8) is 0 Å². The van der Waals surface area contributed by atoms with Crippen LogP contribution < -0.4 is 5.32 Å². The van der Waals surface area contributed by atoms with Crippen LogP contribution in [0.3, 0.4) is 0 Å². The first-order valence-electron chi connectivity index (χ1n) is 5.50. The summed E-state index contributed by atoms with van der Waals surface area (Å²) in [5, 5.41) is 29.7. The summed E-state index contributed by atoms with van der Waals surface area (Å²) >= 11 is 0. The first-order chi connectivity index (χ1) is 9.83. The van der Waals surface area contributed by atoms with E-state index in [-0.39, 0.29) is 0 Å². The maximum Gasteiger partial charge on any atom is 0.471 e. The Balaban J connectivity index is 2.74. The first-order valence-corrected chi connectivity index (χ1v) is 6.84. The van der Waals surface area contributed by atoms with Gasteiger partial charge < -0.3 is 29.9 Å². The molecule has 1 heterocycles. The number of ether oxygens (including phenoxy) is 1. The fourth-order valence-corrected chi connectivity index (χ4v) is 1.92. The van der Waals surface area contributed by atoms with Crippen molar-refractivity contribution in [3.05, 3.63) is 0 Å². The lowest BCUT2D eigenvalue weighted by Gasteiger charge is -2.40. The predicted molar refractivity (Wildman–Crippen MR) is 56.5 cm³/mol. The molecule has 4 N–H and O–H groups in total. The van der Waals surface area contributed by atoms with Crippen LogP contribution in [0.4, 0.5) is 13.2 Å². The molecule has 0 spiro atoms. The van der Waals surface area contributed by atoms with Gasteiger partial charge in [-0.3, -0.25) is 8.98 Å². The number of aliphatic hydroxyl groups is 3. The number of carbonyl (C=O) groups is 1. The van der Waals surface area contributed by atoms with E-state index >= 15 is 0 Å². The van der Waals surface area contributed by atoms with Crippen LogP contribution >= 0.6 is 0 Å². The van der Waals surface area contributed by atoms with E-state index in [9.17, 15) is 46.3 Å². The van der Waals surface area contributed by atoms with Gasteiger partial charge in [0.25, 0.3) is 0 Å². The molecule has 0 radical (unpaired) electrons. The smallest absolute Gasteiger partial charge is 0.471 e. The summed E-state index contributed by atoms with van der Waals surface area (Å²) in [7, 11) is -5.16. The number of carbonyl (C=O) groups excluding carboxylic acids is 1. The molecule has 1 fully saturated rings. The average molecular weight is 354 g/mol. The third-order valence-electron chi connectivity index (χ3n) is 2.65. The molecule has 1 amide bonds. The number of nitrogens with one attached hydrogen (secondary N) is 1. The molecule has 0 bridgehead atoms. The maximum absolute atomic E-state index is 12.1. The molecule has 130 valence electrons. The average Bonchev–Trinajstić information content (AvgIpc) is 2.34. The van der Waals surface area contributed by atoms with Gasteiger partial charge in [0.15, 0.2) is 6.29 Å². The Morgan fingerprint density at radius 2 is 1.82 bits per heavy atom. The standard InChI is InChI=1S/C8H12F3NO9S/c9-8(10,11)7(16)12-3-5(14)4(13)2(21-6(3)15)1-20-22(17,18)19/h2-6,13-15H,1H2,(H,12,16)(H,17,18,19)/p-1/t2?,3?,4-,5-,6-/m1/s1. The molecule has 0 aromatic rings. The summed E-state index contributed by atoms with van der Waals surface area (Å²) in [6.07, 6.45) is -13.4. The molecular weight excluding hydrogens is 343 g/mol. The molecule has 22 heavy (non-hydrogen) atoms. The molecule has 1 saturated heterocycles. The fraction of sp³-hybridized carbons (Fsp3) is 0.875. The van der Waals surface area contributed by atoms with Crippen LogP contribution in [0.1, 0.15) is 0 Å². The van der Waals surface area contributed by atoms with E-state index in [0.717, 1.165) is 0 Å². The third kappa shape index (κ3) is 5.01. The maximum atomic E-state index is 12.1. The molecule has 0 aliphatic carbocycles. The van der Waals surface area contributed by atoms with Crippen LogP contribution in [0.2, 0.25) is 0 Å². The summed E-state index contributed by atoms with van der Waals surface area (Å²) in [4.78, 5) is 10.7. The van der Waals surface area contributed by atoms with Crippen LogP contribution in [-0.4, -0.2) is 77.6 Å². The van der Waals surface area contributed by atoms with Crippen LogP contribution in [0, 0.1) is 0 Å². The highest BCUT2D eigenvalue weighted by atomic mass is 32.3. The lowest BCUT2D eigenvalue weighted by Crippen LogP contribution is -2.65. The van der Waals surface area contributed by atoms with Gasteiger partial charge in [-0.05, 0) is 0 Å². The Bertz CT molecular complexity index is 509. The number of alkyl halides is 3. The number of hydrogen-bond donors (Lipinski definition) is 4. The fourth-order valence-electron chi connectivity index (χ4n) is 1.62. The van der Waals surface area contributed by atoms with E-state index in [1.54, 1.807) is 0 Å². The van der Waals surface area contributed by atoms with Gasteiger partial charge in [-0.25, -0.2) is 8.42 Å². The number of hydrogen-bond acceptors (Lipinski definition) is 9. The Labute approximate surface area is 121 Å². The molecule has 0 saturated carbocycles. The third-order valence-corrected chi connectivity index (χ3v) is 3.08. The highest BCUT2D eigenvalue weighted by Crippen LogP contribution is 2.22. The van der Waals surface area contributed by atoms with E-state index in [2.05, 4.69) is 8.92 Å². The Hall–Kier alpha value is -1.03. The monoisotopic (exact) mass is 354 g/mol. The van der Waals surface area contributed by atoms with E-state index in [1.165, 1.54) is 5.32 Å². The lowest BCUT2D eigenvalue weighted by atomic mass is 9.97. The molecule has 2 unspecified atom stereocenters. The van der Waals surface area contributed by atoms with Crippen molar-refractivity contribution in [3.8, 4) is 0 Å². The molecule has 1 rings (SSSR count). The van der Waals surface area contributed by atoms with Crippen molar-refractivity contribution in [2.75, 3.05) is 6.61 Å². The molecule has 1 aliphatic rings. The molecular formula is C8H11F3NO9S-. The lowest BCUT2D eigenvalue weighted by molar-refractivity contribution is -0.254. The van der Waals surface area contributed by atoms with Crippen molar-refractivity contribution >= 4 is 16.3 Å². The van der Waals surface area contributed by atoms with E-state index in [0.29, 0.717) is 0 Å². The summed E-state index contributed by atoms with van der Waals surface area (Å²) in [6, 6.07) is -2.04. The highest BCUT2D eigenvalue weighted by Gasteiger charge is 2.48. The van der Waals surface area contributed by atoms with Gasteiger partial charge in [-0.1, -0.05) is 0 Å². The number of rotatable bonds is 4. The van der Waals surface area contributed by atoms with Gasteiger partial charge in [-0.15, -0.1) is 0 Å². The zero-order valence-electron chi connectivity index (χ0n) is 10.4. The quantitative estimate of drug-likeness (QED) is 0.303. The minimum Gasteiger partial charge on any atom is -0.726 e. The van der Waals surface area contributed by atoms with Gasteiger partial charge in [0.05, 0.1) is 6.61 Å². The van der Waals surface area contributed by atoms with Crippen LogP contribution in [0.5, 0.6) is 0 Å². The second kappa shape index (κ2) is 6.61. The first kappa shape index (κ1) is 19.0. The molecule has 1 aliphatic heterocycles. The zero-order valence-corrected chi connectivity index (χ0v) is 11.2. The van der Waals surface area contributed by atoms with Crippen LogP contribution in [0.15, 0.2) is 0 Å². The number of halogens is 3. The molecule has 0 aromatic carbocycles. The van der Waals surface area contributed by atoms with Gasteiger partial charge in [0.2, 0.25) is 10.4 Å². The minimum atomic E-state index is -5.30. The van der Waals surface area contributed by atoms with Crippen molar-refractivity contribution in [2.45, 2.75) is 36.8 Å². The van der Waals surface area contributed by atoms with Crippen LogP contribution in [0.25, 0.3) is 0 Å². The Morgan fingerprint density at radius 3 is 2.27 bits per heavy atom. The van der Waals surface area contributed by atoms with E-state index in [1.807, 2.05) is 0 Å². The topological polar surface area (TPSA) is 165 Å². The summed E-state index contributed by atoms with van der Waals surface area (Å²) in [5.74, 6) is -2.50. The minimum absolute atomic E-state index is 1.10. The molecule has 14 heteroatoms. The molecule has 5 atom stereocenters. The Morgan fingerprint density at radius 1 is 1.27 bits per heavy atom. The second-order valence-electron chi connectivity index (χ2n) is 4.24. The second-order valence-corrected chi connectivity index (χ2v) is 5.29. The largest absolute Gasteiger partial charge is 0.726 e. The van der Waals surface area contributed by atoms with Crippen molar-refractivity contribution in [2.24, 2.45) is 0 Å². The summed E-state index contributed by atoms with van der Waals surface area (Å²) in [5.41, 5.74) is 0. The van der Waals surface area contributed by atoms with E-state index in [4.69, 9.17) is 0 Å². The van der Waals surface area contributed by atoms with Gasteiger partial charge in [0, 0.05) is 0 Å². The van der Waals surface area contributed by atoms with Gasteiger partial charge >= 0.3 is 12.1 Å². The number of amides is 1. The van der Waals surface area contributed by atoms with Crippen molar-refractivity contribution in [1.29, 1.82) is 0 Å². The van der Waals surface area contributed by atoms with Crippen LogP contribution in [-0.2, 0) is 24.1 Å². The van der Waals surface area contributed by atoms with Gasteiger partial charge in [0.1, 0.15) is 24.4 Å². The Kier molecular flexibility index (Phi) is 5.71. The summed E-state index contributed by atoms with van der Waals surface area (Å²) in [6.45, 7) is -1.10. The normalized spacial score (nSPS) is 33.5. The number of aliphatic hydroxyl groups excluding tert-OH is 3. The van der Waals surface area contributed by atoms with Gasteiger partial charge in [-0.2, -0.15) is 13.2 Å². The highest BCUT2D eigenvalue weighted by molar-refractivity contribution is 7.80. The SMILES string of the molecule is O=C(NC1[C@H](O)OC(COS(=O)(=O)[O-])[C@@H](O)[C@@H]1O)C(F)(F)F. The molecule has 0 aromatic heterocycles. The van der Waals surface area contributed by atoms with Crippen molar-refractivity contribution in [1.82, 2.24) is 5.32 Å².